The third kappa shape index (κ3) is 3.88. The van der Waals surface area contributed by atoms with Gasteiger partial charge in [0.05, 0.1) is 16.6 Å². The van der Waals surface area contributed by atoms with E-state index in [0.29, 0.717) is 16.6 Å². The molecule has 6 heteroatoms. The fourth-order valence-corrected chi connectivity index (χ4v) is 4.06. The number of nitrogens with one attached hydrogen (secondary N) is 1. The lowest BCUT2D eigenvalue weighted by atomic mass is 9.95. The largest absolute Gasteiger partial charge is 0.352 e. The van der Waals surface area contributed by atoms with Gasteiger partial charge in [0.15, 0.2) is 0 Å². The Bertz CT molecular complexity index is 1150. The summed E-state index contributed by atoms with van der Waals surface area (Å²) in [7, 11) is 0. The van der Waals surface area contributed by atoms with E-state index in [1.807, 2.05) is 19.1 Å². The molecule has 0 spiro atoms. The molecule has 3 aromatic rings. The van der Waals surface area contributed by atoms with E-state index in [1.165, 1.54) is 11.0 Å². The lowest BCUT2D eigenvalue weighted by molar-refractivity contribution is -0.122. The van der Waals surface area contributed by atoms with Crippen LogP contribution in [0.4, 0.5) is 0 Å². The number of nitrogens with zero attached hydrogens (tertiary/aromatic N) is 2. The maximum atomic E-state index is 13.3. The Labute approximate surface area is 168 Å². The first kappa shape index (κ1) is 19.2. The predicted octanol–water partition coefficient (Wildman–Crippen LogP) is 2.91. The molecule has 1 N–H and O–H groups in total. The highest BCUT2D eigenvalue weighted by Gasteiger charge is 2.19. The Morgan fingerprint density at radius 3 is 2.41 bits per heavy atom. The highest BCUT2D eigenvalue weighted by Crippen LogP contribution is 2.17. The molecule has 2 aromatic carbocycles. The standard InChI is InChI=1S/C23H25N3O3/c1-16-11-13-18(14-12-16)26-22(28)19-9-5-6-10-20(19)25(23(26)29)15-21(27)24-17-7-3-2-4-8-17/h5-6,9-14,17H,2-4,7-8,15H2,1H3,(H,24,27). The number of para-hydroxylation sites is 1. The van der Waals surface area contributed by atoms with Gasteiger partial charge in [-0.25, -0.2) is 9.36 Å². The number of rotatable bonds is 4. The molecule has 0 saturated heterocycles. The number of carbonyl (C=O) groups excluding carboxylic acids is 1. The minimum atomic E-state index is -0.503. The van der Waals surface area contributed by atoms with Gasteiger partial charge in [0.2, 0.25) is 5.91 Å². The van der Waals surface area contributed by atoms with E-state index in [2.05, 4.69) is 5.32 Å². The van der Waals surface area contributed by atoms with Crippen LogP contribution in [-0.4, -0.2) is 21.1 Å². The Kier molecular flexibility index (Phi) is 5.34. The van der Waals surface area contributed by atoms with Gasteiger partial charge >= 0.3 is 5.69 Å². The summed E-state index contributed by atoms with van der Waals surface area (Å²) < 4.78 is 2.55. The van der Waals surface area contributed by atoms with Crippen molar-refractivity contribution in [2.45, 2.75) is 51.6 Å². The van der Waals surface area contributed by atoms with Crippen LogP contribution < -0.4 is 16.6 Å². The zero-order valence-electron chi connectivity index (χ0n) is 16.6. The first-order valence-corrected chi connectivity index (χ1v) is 10.2. The van der Waals surface area contributed by atoms with Crippen LogP contribution in [-0.2, 0) is 11.3 Å². The van der Waals surface area contributed by atoms with Gasteiger partial charge in [-0.3, -0.25) is 14.2 Å². The van der Waals surface area contributed by atoms with Crippen molar-refractivity contribution < 1.29 is 4.79 Å². The van der Waals surface area contributed by atoms with Gasteiger partial charge in [-0.15, -0.1) is 0 Å². The molecule has 1 aliphatic rings. The molecule has 6 nitrogen and oxygen atoms in total. The first-order chi connectivity index (χ1) is 14.0. The molecular weight excluding hydrogens is 366 g/mol. The number of aromatic nitrogens is 2. The summed E-state index contributed by atoms with van der Waals surface area (Å²) in [5.41, 5.74) is 1.13. The van der Waals surface area contributed by atoms with Gasteiger partial charge in [-0.05, 0) is 44.0 Å². The van der Waals surface area contributed by atoms with Crippen molar-refractivity contribution in [2.75, 3.05) is 0 Å². The molecule has 1 fully saturated rings. The van der Waals surface area contributed by atoms with Gasteiger partial charge in [0, 0.05) is 6.04 Å². The van der Waals surface area contributed by atoms with Crippen LogP contribution >= 0.6 is 0 Å². The number of amides is 1. The van der Waals surface area contributed by atoms with Crippen molar-refractivity contribution in [3.05, 3.63) is 74.9 Å². The molecule has 150 valence electrons. The second kappa shape index (κ2) is 8.07. The van der Waals surface area contributed by atoms with Gasteiger partial charge in [-0.1, -0.05) is 49.1 Å². The maximum Gasteiger partial charge on any atom is 0.336 e. The van der Waals surface area contributed by atoms with Crippen molar-refractivity contribution >= 4 is 16.8 Å². The maximum absolute atomic E-state index is 13.3. The Morgan fingerprint density at radius 1 is 1.00 bits per heavy atom. The summed E-state index contributed by atoms with van der Waals surface area (Å²) in [5.74, 6) is -0.196. The summed E-state index contributed by atoms with van der Waals surface area (Å²) >= 11 is 0. The highest BCUT2D eigenvalue weighted by atomic mass is 16.2. The van der Waals surface area contributed by atoms with Crippen LogP contribution in [0.25, 0.3) is 16.6 Å². The van der Waals surface area contributed by atoms with E-state index < -0.39 is 5.69 Å². The average molecular weight is 391 g/mol. The molecule has 1 aliphatic carbocycles. The van der Waals surface area contributed by atoms with Crippen LogP contribution in [0, 0.1) is 6.92 Å². The normalized spacial score (nSPS) is 14.8. The number of carbonyl (C=O) groups is 1. The molecule has 1 saturated carbocycles. The molecule has 0 aliphatic heterocycles. The zero-order chi connectivity index (χ0) is 20.4. The first-order valence-electron chi connectivity index (χ1n) is 10.2. The predicted molar refractivity (Wildman–Crippen MR) is 114 cm³/mol. The average Bonchev–Trinajstić information content (AvgIpc) is 2.73. The van der Waals surface area contributed by atoms with Crippen LogP contribution in [0.2, 0.25) is 0 Å². The molecule has 0 unspecified atom stereocenters. The van der Waals surface area contributed by atoms with Crippen LogP contribution in [0.1, 0.15) is 37.7 Å². The fourth-order valence-electron chi connectivity index (χ4n) is 4.06. The molecule has 4 rings (SSSR count). The minimum absolute atomic E-state index is 0.109. The second-order valence-corrected chi connectivity index (χ2v) is 7.76. The van der Waals surface area contributed by atoms with Crippen molar-refractivity contribution in [3.8, 4) is 5.69 Å². The molecule has 1 aromatic heterocycles. The molecule has 0 atom stereocenters. The second-order valence-electron chi connectivity index (χ2n) is 7.76. The van der Waals surface area contributed by atoms with Crippen LogP contribution in [0.5, 0.6) is 0 Å². The topological polar surface area (TPSA) is 73.1 Å². The number of benzene rings is 2. The summed E-state index contributed by atoms with van der Waals surface area (Å²) in [6, 6.07) is 14.3. The van der Waals surface area contributed by atoms with Gasteiger partial charge < -0.3 is 5.32 Å². The molecule has 0 bridgehead atoms. The SMILES string of the molecule is Cc1ccc(-n2c(=O)c3ccccc3n(CC(=O)NC3CCCCC3)c2=O)cc1. The van der Waals surface area contributed by atoms with E-state index >= 15 is 0 Å². The van der Waals surface area contributed by atoms with Crippen LogP contribution in [0.3, 0.4) is 0 Å². The van der Waals surface area contributed by atoms with E-state index in [4.69, 9.17) is 0 Å². The van der Waals surface area contributed by atoms with E-state index in [-0.39, 0.29) is 24.1 Å². The van der Waals surface area contributed by atoms with Gasteiger partial charge in [0.1, 0.15) is 6.54 Å². The Balaban J connectivity index is 1.78. The molecule has 1 amide bonds. The van der Waals surface area contributed by atoms with E-state index in [9.17, 15) is 14.4 Å². The lowest BCUT2D eigenvalue weighted by Crippen LogP contribution is -2.44. The lowest BCUT2D eigenvalue weighted by Gasteiger charge is -2.23. The zero-order valence-corrected chi connectivity index (χ0v) is 16.6. The molecule has 0 radical (unpaired) electrons. The third-order valence-electron chi connectivity index (χ3n) is 5.61. The summed E-state index contributed by atoms with van der Waals surface area (Å²) in [5, 5.41) is 3.47. The van der Waals surface area contributed by atoms with Gasteiger partial charge in [-0.2, -0.15) is 0 Å². The number of hydrogen-bond donors (Lipinski definition) is 1. The smallest absolute Gasteiger partial charge is 0.336 e. The van der Waals surface area contributed by atoms with Crippen molar-refractivity contribution in [3.63, 3.8) is 0 Å². The fraction of sp³-hybridized carbons (Fsp3) is 0.348. The summed E-state index contributed by atoms with van der Waals surface area (Å²) in [6.45, 7) is 1.84. The number of fused-ring (bicyclic) bond motifs is 1. The monoisotopic (exact) mass is 391 g/mol. The summed E-state index contributed by atoms with van der Waals surface area (Å²) in [4.78, 5) is 39.0. The number of hydrogen-bond acceptors (Lipinski definition) is 3. The minimum Gasteiger partial charge on any atom is -0.352 e. The summed E-state index contributed by atoms with van der Waals surface area (Å²) in [6.07, 6.45) is 5.39. The highest BCUT2D eigenvalue weighted by molar-refractivity contribution is 5.82. The molecule has 1 heterocycles. The third-order valence-corrected chi connectivity index (χ3v) is 5.61. The van der Waals surface area contributed by atoms with E-state index in [0.717, 1.165) is 35.8 Å². The quantitative estimate of drug-likeness (QED) is 0.743. The van der Waals surface area contributed by atoms with Gasteiger partial charge in [0.25, 0.3) is 5.56 Å². The van der Waals surface area contributed by atoms with Crippen LogP contribution in [0.15, 0.2) is 58.1 Å². The Morgan fingerprint density at radius 2 is 1.69 bits per heavy atom. The molecular formula is C23H25N3O3. The Hall–Kier alpha value is -3.15. The van der Waals surface area contributed by atoms with Crippen molar-refractivity contribution in [1.29, 1.82) is 0 Å². The number of aryl methyl sites for hydroxylation is 1. The van der Waals surface area contributed by atoms with Crippen molar-refractivity contribution in [1.82, 2.24) is 14.5 Å². The van der Waals surface area contributed by atoms with Crippen molar-refractivity contribution in [2.24, 2.45) is 0 Å². The van der Waals surface area contributed by atoms with E-state index in [1.54, 1.807) is 36.4 Å². The molecule has 29 heavy (non-hydrogen) atoms.